The summed E-state index contributed by atoms with van der Waals surface area (Å²) >= 11 is 0. The number of benzene rings is 1. The molecule has 2 aliphatic heterocycles. The van der Waals surface area contributed by atoms with Gasteiger partial charge in [-0.1, -0.05) is 12.1 Å². The third kappa shape index (κ3) is 5.70. The minimum Gasteiger partial charge on any atom is -0.480 e. The predicted molar refractivity (Wildman–Crippen MR) is 127 cm³/mol. The Morgan fingerprint density at radius 3 is 2.50 bits per heavy atom. The van der Waals surface area contributed by atoms with Gasteiger partial charge in [0, 0.05) is 18.8 Å². The van der Waals surface area contributed by atoms with Crippen LogP contribution in [0.25, 0.3) is 0 Å². The SMILES string of the molecule is CCOC(=O)C1=C(CN2CCC(OCC(=O)O)C(F)(F)C2)NC(n2nccn2)=N[C@]1(C)c1ccc(F)cc1. The van der Waals surface area contributed by atoms with Crippen LogP contribution in [0.4, 0.5) is 13.2 Å². The highest BCUT2D eigenvalue weighted by molar-refractivity contribution is 5.97. The number of aromatic nitrogens is 3. The number of carboxylic acid groups (broad SMARTS) is 1. The van der Waals surface area contributed by atoms with Gasteiger partial charge in [0.1, 0.15) is 24.1 Å². The number of aliphatic imine (C=N–C) groups is 1. The molecule has 3 heterocycles. The molecule has 4 rings (SSSR count). The van der Waals surface area contributed by atoms with E-state index in [1.54, 1.807) is 13.8 Å². The van der Waals surface area contributed by atoms with Crippen LogP contribution in [0.5, 0.6) is 0 Å². The fourth-order valence-electron chi connectivity index (χ4n) is 4.56. The van der Waals surface area contributed by atoms with Gasteiger partial charge in [-0.05, 0) is 38.0 Å². The van der Waals surface area contributed by atoms with Gasteiger partial charge in [-0.3, -0.25) is 4.90 Å². The molecule has 204 valence electrons. The van der Waals surface area contributed by atoms with E-state index < -0.39 is 48.5 Å². The molecule has 2 aromatic rings. The summed E-state index contributed by atoms with van der Waals surface area (Å²) in [5.41, 5.74) is -0.654. The van der Waals surface area contributed by atoms with Crippen LogP contribution < -0.4 is 5.32 Å². The molecule has 2 N–H and O–H groups in total. The summed E-state index contributed by atoms with van der Waals surface area (Å²) in [6.07, 6.45) is 1.17. The van der Waals surface area contributed by atoms with Crippen molar-refractivity contribution in [2.24, 2.45) is 4.99 Å². The number of esters is 1. The number of carboxylic acids is 1. The number of piperidine rings is 1. The summed E-state index contributed by atoms with van der Waals surface area (Å²) < 4.78 is 53.7. The summed E-state index contributed by atoms with van der Waals surface area (Å²) in [5, 5.41) is 20.0. The molecule has 0 saturated carbocycles. The molecule has 2 aliphatic rings. The number of hydrogen-bond donors (Lipinski definition) is 2. The molecule has 0 aliphatic carbocycles. The van der Waals surface area contributed by atoms with E-state index in [2.05, 4.69) is 20.5 Å². The summed E-state index contributed by atoms with van der Waals surface area (Å²) in [6.45, 7) is 1.76. The number of nitrogens with one attached hydrogen (secondary N) is 1. The fourth-order valence-corrected chi connectivity index (χ4v) is 4.56. The van der Waals surface area contributed by atoms with Crippen LogP contribution in [0.1, 0.15) is 25.8 Å². The molecular formula is C24H27F3N6O5. The first kappa shape index (κ1) is 27.3. The predicted octanol–water partition coefficient (Wildman–Crippen LogP) is 1.77. The Kier molecular flexibility index (Phi) is 7.83. The first-order valence-electron chi connectivity index (χ1n) is 11.9. The first-order valence-corrected chi connectivity index (χ1v) is 11.9. The van der Waals surface area contributed by atoms with Gasteiger partial charge < -0.3 is 19.9 Å². The number of nitrogens with zero attached hydrogens (tertiary/aromatic N) is 5. The normalized spacial score (nSPS) is 23.5. The zero-order valence-electron chi connectivity index (χ0n) is 20.7. The summed E-state index contributed by atoms with van der Waals surface area (Å²) in [5.74, 6) is -5.76. The summed E-state index contributed by atoms with van der Waals surface area (Å²) in [6, 6.07) is 5.42. The summed E-state index contributed by atoms with van der Waals surface area (Å²) in [4.78, 5) is 31.4. The van der Waals surface area contributed by atoms with E-state index in [4.69, 9.17) is 14.6 Å². The maximum absolute atomic E-state index is 14.9. The van der Waals surface area contributed by atoms with E-state index in [9.17, 15) is 22.8 Å². The van der Waals surface area contributed by atoms with Crippen LogP contribution in [0.3, 0.4) is 0 Å². The van der Waals surface area contributed by atoms with Crippen molar-refractivity contribution in [1.82, 2.24) is 25.2 Å². The number of likely N-dealkylation sites (tertiary alicyclic amines) is 1. The number of carbonyl (C=O) groups is 2. The van der Waals surface area contributed by atoms with E-state index >= 15 is 0 Å². The standard InChI is InChI=1S/C24H27F3N6O5/c1-3-37-21(36)20-17(12-32-11-8-18(24(26,27)14-32)38-13-19(34)35)30-22(33-28-9-10-29-33)31-23(20,2)15-4-6-16(25)7-5-15/h4-7,9-10,18H,3,8,11-14H2,1-2H3,(H,30,31)(H,34,35)/t18?,23-/m1/s1. The Morgan fingerprint density at radius 1 is 1.21 bits per heavy atom. The van der Waals surface area contributed by atoms with Crippen molar-refractivity contribution < 1.29 is 37.3 Å². The van der Waals surface area contributed by atoms with Crippen LogP contribution in [0.2, 0.25) is 0 Å². The highest BCUT2D eigenvalue weighted by Crippen LogP contribution is 2.39. The highest BCUT2D eigenvalue weighted by Gasteiger charge is 2.47. The third-order valence-electron chi connectivity index (χ3n) is 6.28. The molecule has 0 radical (unpaired) electrons. The van der Waals surface area contributed by atoms with E-state index in [-0.39, 0.29) is 43.3 Å². The molecule has 11 nitrogen and oxygen atoms in total. The van der Waals surface area contributed by atoms with Gasteiger partial charge >= 0.3 is 11.9 Å². The van der Waals surface area contributed by atoms with Gasteiger partial charge in [0.25, 0.3) is 5.92 Å². The Balaban J connectivity index is 1.73. The maximum Gasteiger partial charge on any atom is 0.338 e. The zero-order chi connectivity index (χ0) is 27.5. The number of halogens is 3. The Labute approximate surface area is 215 Å². The molecule has 14 heteroatoms. The van der Waals surface area contributed by atoms with E-state index in [0.717, 1.165) is 0 Å². The smallest absolute Gasteiger partial charge is 0.338 e. The molecule has 1 unspecified atom stereocenters. The number of carbonyl (C=O) groups excluding carboxylic acids is 1. The van der Waals surface area contributed by atoms with Crippen molar-refractivity contribution in [2.45, 2.75) is 37.8 Å². The van der Waals surface area contributed by atoms with Crippen LogP contribution >= 0.6 is 0 Å². The monoisotopic (exact) mass is 536 g/mol. The highest BCUT2D eigenvalue weighted by atomic mass is 19.3. The number of rotatable bonds is 8. The van der Waals surface area contributed by atoms with Gasteiger partial charge in [-0.15, -0.1) is 4.80 Å². The second-order valence-corrected chi connectivity index (χ2v) is 8.99. The average Bonchev–Trinajstić information content (AvgIpc) is 3.38. The van der Waals surface area contributed by atoms with E-state index in [1.807, 2.05) is 0 Å². The Bertz CT molecular complexity index is 1230. The van der Waals surface area contributed by atoms with Crippen LogP contribution in [0.15, 0.2) is 52.9 Å². The van der Waals surface area contributed by atoms with E-state index in [0.29, 0.717) is 5.56 Å². The molecule has 1 saturated heterocycles. The quantitative estimate of drug-likeness (QED) is 0.485. The number of ether oxygens (including phenoxy) is 2. The lowest BCUT2D eigenvalue weighted by molar-refractivity contribution is -0.180. The molecular weight excluding hydrogens is 509 g/mol. The van der Waals surface area contributed by atoms with Gasteiger partial charge in [0.05, 0.1) is 31.1 Å². The summed E-state index contributed by atoms with van der Waals surface area (Å²) in [7, 11) is 0. The minimum absolute atomic E-state index is 0.0524. The van der Waals surface area contributed by atoms with E-state index in [1.165, 1.54) is 46.4 Å². The maximum atomic E-state index is 14.9. The number of hydrogen-bond acceptors (Lipinski definition) is 9. The molecule has 0 spiro atoms. The third-order valence-corrected chi connectivity index (χ3v) is 6.28. The van der Waals surface area contributed by atoms with Gasteiger partial charge in [-0.25, -0.2) is 27.8 Å². The van der Waals surface area contributed by atoms with Gasteiger partial charge in [0.15, 0.2) is 0 Å². The van der Waals surface area contributed by atoms with Crippen LogP contribution in [-0.2, 0) is 24.6 Å². The topological polar surface area (TPSA) is 131 Å². The molecule has 1 aromatic heterocycles. The fraction of sp³-hybridized carbons (Fsp3) is 0.458. The van der Waals surface area contributed by atoms with Crippen LogP contribution in [0, 0.1) is 5.82 Å². The Hall–Kier alpha value is -3.78. The van der Waals surface area contributed by atoms with Crippen molar-refractivity contribution in [3.8, 4) is 0 Å². The number of aliphatic carboxylic acids is 1. The van der Waals surface area contributed by atoms with Crippen molar-refractivity contribution >= 4 is 17.9 Å². The molecule has 0 amide bonds. The zero-order valence-corrected chi connectivity index (χ0v) is 20.7. The molecule has 38 heavy (non-hydrogen) atoms. The van der Waals surface area contributed by atoms with Crippen molar-refractivity contribution in [3.63, 3.8) is 0 Å². The molecule has 2 atom stereocenters. The van der Waals surface area contributed by atoms with Crippen molar-refractivity contribution in [3.05, 3.63) is 59.3 Å². The second kappa shape index (κ2) is 10.9. The lowest BCUT2D eigenvalue weighted by atomic mass is 9.82. The van der Waals surface area contributed by atoms with Gasteiger partial charge in [0.2, 0.25) is 5.96 Å². The molecule has 1 fully saturated rings. The molecule has 1 aromatic carbocycles. The average molecular weight is 537 g/mol. The lowest BCUT2D eigenvalue weighted by Crippen LogP contribution is -2.55. The minimum atomic E-state index is -3.34. The lowest BCUT2D eigenvalue weighted by Gasteiger charge is -2.40. The second-order valence-electron chi connectivity index (χ2n) is 8.99. The Morgan fingerprint density at radius 2 is 1.89 bits per heavy atom. The van der Waals surface area contributed by atoms with Crippen molar-refractivity contribution in [2.75, 3.05) is 32.8 Å². The molecule has 0 bridgehead atoms. The largest absolute Gasteiger partial charge is 0.480 e. The van der Waals surface area contributed by atoms with Crippen LogP contribution in [-0.4, -0.2) is 87.8 Å². The first-order chi connectivity index (χ1) is 18.0. The number of alkyl halides is 2. The van der Waals surface area contributed by atoms with Crippen molar-refractivity contribution in [1.29, 1.82) is 0 Å². The van der Waals surface area contributed by atoms with Gasteiger partial charge in [-0.2, -0.15) is 10.2 Å².